The van der Waals surface area contributed by atoms with Crippen LogP contribution in [0.25, 0.3) is 0 Å². The van der Waals surface area contributed by atoms with Crippen molar-refractivity contribution in [3.05, 3.63) is 0 Å². The molecule has 0 amide bonds. The van der Waals surface area contributed by atoms with Crippen LogP contribution in [-0.4, -0.2) is 24.6 Å². The number of ether oxygens (including phenoxy) is 1. The van der Waals surface area contributed by atoms with Gasteiger partial charge in [0.1, 0.15) is 0 Å². The Balaban J connectivity index is 3.73. The minimum Gasteiger partial charge on any atom is -0.460 e. The zero-order valence-electron chi connectivity index (χ0n) is 5.01. The van der Waals surface area contributed by atoms with Crippen LogP contribution in [0.2, 0.25) is 0 Å². The van der Waals surface area contributed by atoms with Gasteiger partial charge < -0.3 is 10.1 Å². The summed E-state index contributed by atoms with van der Waals surface area (Å²) in [5.74, 6) is -1.88. The fourth-order valence-corrected chi connectivity index (χ4v) is 0.261. The molecule has 9 heavy (non-hydrogen) atoms. The molecule has 4 nitrogen and oxygen atoms in total. The van der Waals surface area contributed by atoms with Crippen LogP contribution in [0.1, 0.15) is 6.92 Å². The van der Waals surface area contributed by atoms with E-state index in [1.54, 1.807) is 6.92 Å². The topological polar surface area (TPSA) is 67.2 Å². The molecular weight excluding hydrogens is 122 g/mol. The van der Waals surface area contributed by atoms with Crippen molar-refractivity contribution in [3.8, 4) is 0 Å². The summed E-state index contributed by atoms with van der Waals surface area (Å²) in [5.41, 5.74) is 0. The first kappa shape index (κ1) is 7.81. The predicted octanol–water partition coefficient (Wildman–Crippen LogP) is -0.232. The minimum absolute atomic E-state index is 0.165. The van der Waals surface area contributed by atoms with Crippen LogP contribution in [-0.2, 0) is 14.3 Å². The number of rotatable bonds is 3. The van der Waals surface area contributed by atoms with E-state index in [0.29, 0.717) is 6.21 Å². The fraction of sp³-hybridized carbons (Fsp3) is 0.400. The normalized spacial score (nSPS) is 8.11. The highest BCUT2D eigenvalue weighted by atomic mass is 16.5. The second-order valence-electron chi connectivity index (χ2n) is 1.23. The molecule has 0 aromatic heterocycles. The number of carbonyl (C=O) groups excluding carboxylic acids is 2. The van der Waals surface area contributed by atoms with Crippen molar-refractivity contribution >= 4 is 18.0 Å². The Hall–Kier alpha value is -1.19. The molecule has 50 valence electrons. The first-order valence-corrected chi connectivity index (χ1v) is 2.44. The van der Waals surface area contributed by atoms with Crippen LogP contribution >= 0.6 is 0 Å². The molecule has 0 atom stereocenters. The number of carbonyl (C=O) groups is 2. The van der Waals surface area contributed by atoms with Gasteiger partial charge in [-0.2, -0.15) is 0 Å². The molecule has 0 aliphatic carbocycles. The lowest BCUT2D eigenvalue weighted by molar-refractivity contribution is -0.150. The van der Waals surface area contributed by atoms with Gasteiger partial charge in [-0.1, -0.05) is 0 Å². The van der Waals surface area contributed by atoms with E-state index in [0.717, 1.165) is 0 Å². The SMILES string of the molecule is CCOC(=O)C(=O)C=N. The third-order valence-corrected chi connectivity index (χ3v) is 0.608. The summed E-state index contributed by atoms with van der Waals surface area (Å²) in [6.07, 6.45) is 0.429. The minimum atomic E-state index is -0.965. The number of hydrogen-bond acceptors (Lipinski definition) is 4. The summed E-state index contributed by atoms with van der Waals surface area (Å²) >= 11 is 0. The summed E-state index contributed by atoms with van der Waals surface area (Å²) in [4.78, 5) is 20.4. The molecule has 0 saturated heterocycles. The zero-order chi connectivity index (χ0) is 7.28. The van der Waals surface area contributed by atoms with E-state index in [1.807, 2.05) is 0 Å². The number of Topliss-reactive ketones (excluding diaryl/α,β-unsaturated/α-hetero) is 1. The van der Waals surface area contributed by atoms with Crippen LogP contribution in [0.5, 0.6) is 0 Å². The van der Waals surface area contributed by atoms with Crippen LogP contribution in [0.15, 0.2) is 0 Å². The van der Waals surface area contributed by atoms with Gasteiger partial charge in [0.15, 0.2) is 0 Å². The Morgan fingerprint density at radius 3 is 2.56 bits per heavy atom. The lowest BCUT2D eigenvalue weighted by Gasteiger charge is -1.93. The smallest absolute Gasteiger partial charge is 0.380 e. The predicted molar refractivity (Wildman–Crippen MR) is 30.4 cm³/mol. The molecule has 0 heterocycles. The van der Waals surface area contributed by atoms with E-state index in [1.165, 1.54) is 0 Å². The van der Waals surface area contributed by atoms with E-state index in [4.69, 9.17) is 5.41 Å². The van der Waals surface area contributed by atoms with Gasteiger partial charge in [-0.15, -0.1) is 0 Å². The maximum Gasteiger partial charge on any atom is 0.380 e. The maximum absolute atomic E-state index is 10.3. The monoisotopic (exact) mass is 129 g/mol. The summed E-state index contributed by atoms with van der Waals surface area (Å²) in [6, 6.07) is 0. The Morgan fingerprint density at radius 2 is 2.22 bits per heavy atom. The molecule has 0 aliphatic heterocycles. The second kappa shape index (κ2) is 3.77. The highest BCUT2D eigenvalue weighted by Gasteiger charge is 2.09. The molecule has 0 saturated carbocycles. The van der Waals surface area contributed by atoms with Gasteiger partial charge in [-0.25, -0.2) is 4.79 Å². The van der Waals surface area contributed by atoms with Crippen molar-refractivity contribution in [2.75, 3.05) is 6.61 Å². The summed E-state index contributed by atoms with van der Waals surface area (Å²) in [7, 11) is 0. The quantitative estimate of drug-likeness (QED) is 0.325. The van der Waals surface area contributed by atoms with Crippen LogP contribution < -0.4 is 0 Å². The molecule has 0 spiro atoms. The number of nitrogens with one attached hydrogen (secondary N) is 1. The lowest BCUT2D eigenvalue weighted by atomic mass is 10.4. The molecule has 0 fully saturated rings. The summed E-state index contributed by atoms with van der Waals surface area (Å²) in [6.45, 7) is 1.76. The lowest BCUT2D eigenvalue weighted by Crippen LogP contribution is -2.17. The molecule has 0 aliphatic rings. The Morgan fingerprint density at radius 1 is 1.67 bits per heavy atom. The van der Waals surface area contributed by atoms with Crippen molar-refractivity contribution in [2.24, 2.45) is 0 Å². The third-order valence-electron chi connectivity index (χ3n) is 0.608. The Labute approximate surface area is 52.3 Å². The molecule has 0 aromatic carbocycles. The number of ketones is 1. The van der Waals surface area contributed by atoms with Crippen molar-refractivity contribution < 1.29 is 14.3 Å². The first-order valence-electron chi connectivity index (χ1n) is 2.44. The molecule has 4 heteroatoms. The molecule has 0 aromatic rings. The van der Waals surface area contributed by atoms with Gasteiger partial charge in [-0.3, -0.25) is 4.79 Å². The fourth-order valence-electron chi connectivity index (χ4n) is 0.261. The Bertz CT molecular complexity index is 141. The van der Waals surface area contributed by atoms with Gasteiger partial charge in [0.05, 0.1) is 12.8 Å². The van der Waals surface area contributed by atoms with Gasteiger partial charge in [0.25, 0.3) is 5.78 Å². The highest BCUT2D eigenvalue weighted by molar-refractivity contribution is 6.56. The average Bonchev–Trinajstić information content (AvgIpc) is 1.87. The average molecular weight is 129 g/mol. The second-order valence-corrected chi connectivity index (χ2v) is 1.23. The summed E-state index contributed by atoms with van der Waals surface area (Å²) < 4.78 is 4.25. The number of esters is 1. The summed E-state index contributed by atoms with van der Waals surface area (Å²) in [5, 5.41) is 6.34. The van der Waals surface area contributed by atoms with Crippen molar-refractivity contribution in [2.45, 2.75) is 6.92 Å². The van der Waals surface area contributed by atoms with Crippen LogP contribution in [0.4, 0.5) is 0 Å². The molecular formula is C5H7NO3. The molecule has 1 N–H and O–H groups in total. The molecule has 0 rings (SSSR count). The molecule has 0 unspecified atom stereocenters. The third kappa shape index (κ3) is 2.58. The van der Waals surface area contributed by atoms with Crippen LogP contribution in [0.3, 0.4) is 0 Å². The zero-order valence-corrected chi connectivity index (χ0v) is 5.01. The van der Waals surface area contributed by atoms with Gasteiger partial charge in [0.2, 0.25) is 0 Å². The Kier molecular flexibility index (Phi) is 3.27. The first-order chi connectivity index (χ1) is 4.22. The highest BCUT2D eigenvalue weighted by Crippen LogP contribution is 1.76. The van der Waals surface area contributed by atoms with E-state index in [-0.39, 0.29) is 6.61 Å². The maximum atomic E-state index is 10.3. The van der Waals surface area contributed by atoms with Gasteiger partial charge >= 0.3 is 5.97 Å². The standard InChI is InChI=1S/C5H7NO3/c1-2-9-5(8)4(7)3-6/h3,6H,2H2,1H3. The van der Waals surface area contributed by atoms with E-state index >= 15 is 0 Å². The molecule has 0 bridgehead atoms. The van der Waals surface area contributed by atoms with Crippen molar-refractivity contribution in [1.29, 1.82) is 5.41 Å². The largest absolute Gasteiger partial charge is 0.460 e. The van der Waals surface area contributed by atoms with E-state index in [2.05, 4.69) is 4.74 Å². The van der Waals surface area contributed by atoms with Crippen molar-refractivity contribution in [3.63, 3.8) is 0 Å². The molecule has 0 radical (unpaired) electrons. The van der Waals surface area contributed by atoms with Crippen LogP contribution in [0, 0.1) is 5.41 Å². The van der Waals surface area contributed by atoms with Crippen molar-refractivity contribution in [1.82, 2.24) is 0 Å². The van der Waals surface area contributed by atoms with Gasteiger partial charge in [0, 0.05) is 0 Å². The van der Waals surface area contributed by atoms with E-state index < -0.39 is 11.8 Å². The van der Waals surface area contributed by atoms with E-state index in [9.17, 15) is 9.59 Å². The number of hydrogen-bond donors (Lipinski definition) is 1. The van der Waals surface area contributed by atoms with Gasteiger partial charge in [-0.05, 0) is 6.92 Å².